The number of aliphatic hydroxyl groups is 4. The van der Waals surface area contributed by atoms with Gasteiger partial charge in [-0.25, -0.2) is 9.59 Å². The van der Waals surface area contributed by atoms with Crippen LogP contribution in [0.25, 0.3) is 0 Å². The molecular formula is C16H22O8. The van der Waals surface area contributed by atoms with Crippen molar-refractivity contribution in [2.24, 2.45) is 0 Å². The van der Waals surface area contributed by atoms with Crippen molar-refractivity contribution in [1.29, 1.82) is 0 Å². The lowest BCUT2D eigenvalue weighted by atomic mass is 9.86. The summed E-state index contributed by atoms with van der Waals surface area (Å²) in [6.07, 6.45) is -2.30. The Balaban J connectivity index is 3.53. The number of aliphatic hydroxyl groups excluding tert-OH is 4. The second-order valence-electron chi connectivity index (χ2n) is 5.36. The van der Waals surface area contributed by atoms with Gasteiger partial charge in [0.05, 0.1) is 23.3 Å². The van der Waals surface area contributed by atoms with E-state index in [-0.39, 0.29) is 61.2 Å². The summed E-state index contributed by atoms with van der Waals surface area (Å²) >= 11 is 0. The Bertz CT molecular complexity index is 533. The molecule has 0 aliphatic heterocycles. The predicted octanol–water partition coefficient (Wildman–Crippen LogP) is 0.695. The summed E-state index contributed by atoms with van der Waals surface area (Å²) in [7, 11) is 0. The molecule has 24 heavy (non-hydrogen) atoms. The van der Waals surface area contributed by atoms with Crippen LogP contribution >= 0.6 is 0 Å². The first-order valence-corrected chi connectivity index (χ1v) is 7.56. The Hall–Kier alpha value is -2.00. The van der Waals surface area contributed by atoms with Gasteiger partial charge in [-0.2, -0.15) is 0 Å². The van der Waals surface area contributed by atoms with E-state index in [9.17, 15) is 30.0 Å². The van der Waals surface area contributed by atoms with Crippen LogP contribution in [0.4, 0.5) is 0 Å². The van der Waals surface area contributed by atoms with Crippen LogP contribution in [0.1, 0.15) is 69.7 Å². The molecule has 0 aliphatic rings. The molecule has 134 valence electrons. The summed E-state index contributed by atoms with van der Waals surface area (Å²) in [4.78, 5) is 22.9. The zero-order valence-corrected chi connectivity index (χ0v) is 13.1. The molecule has 0 heterocycles. The van der Waals surface area contributed by atoms with Crippen LogP contribution in [0.2, 0.25) is 0 Å². The smallest absolute Gasteiger partial charge is 0.336 e. The van der Waals surface area contributed by atoms with Crippen molar-refractivity contribution in [3.8, 4) is 0 Å². The van der Waals surface area contributed by atoms with Gasteiger partial charge in [-0.05, 0) is 37.8 Å². The average Bonchev–Trinajstić information content (AvgIpc) is 2.55. The third-order valence-electron chi connectivity index (χ3n) is 3.69. The first kappa shape index (κ1) is 20.0. The molecule has 0 fully saturated rings. The molecule has 0 bridgehead atoms. The van der Waals surface area contributed by atoms with Gasteiger partial charge in [0.1, 0.15) is 0 Å². The monoisotopic (exact) mass is 342 g/mol. The van der Waals surface area contributed by atoms with E-state index in [1.807, 2.05) is 0 Å². The molecule has 6 N–H and O–H groups in total. The predicted molar refractivity (Wildman–Crippen MR) is 82.9 cm³/mol. The van der Waals surface area contributed by atoms with Crippen LogP contribution in [-0.2, 0) is 0 Å². The minimum Gasteiger partial charge on any atom is -0.478 e. The van der Waals surface area contributed by atoms with Crippen molar-refractivity contribution in [2.75, 3.05) is 13.2 Å². The number of hydrogen-bond acceptors (Lipinski definition) is 6. The van der Waals surface area contributed by atoms with Crippen LogP contribution in [0, 0.1) is 0 Å². The number of carboxylic acids is 2. The maximum atomic E-state index is 11.4. The highest BCUT2D eigenvalue weighted by atomic mass is 16.4. The molecule has 0 radical (unpaired) electrons. The Morgan fingerprint density at radius 2 is 1.12 bits per heavy atom. The fourth-order valence-electron chi connectivity index (χ4n) is 2.59. The van der Waals surface area contributed by atoms with Crippen LogP contribution in [0.15, 0.2) is 12.1 Å². The molecular weight excluding hydrogens is 320 g/mol. The molecule has 8 nitrogen and oxygen atoms in total. The van der Waals surface area contributed by atoms with Gasteiger partial charge in [0.2, 0.25) is 0 Å². The second-order valence-corrected chi connectivity index (χ2v) is 5.36. The van der Waals surface area contributed by atoms with Crippen molar-refractivity contribution in [1.82, 2.24) is 0 Å². The van der Waals surface area contributed by atoms with Gasteiger partial charge in [-0.15, -0.1) is 0 Å². The summed E-state index contributed by atoms with van der Waals surface area (Å²) in [5.41, 5.74) is -0.936. The van der Waals surface area contributed by atoms with Crippen molar-refractivity contribution >= 4 is 11.9 Å². The third-order valence-corrected chi connectivity index (χ3v) is 3.69. The third kappa shape index (κ3) is 4.75. The van der Waals surface area contributed by atoms with Crippen LogP contribution in [0.3, 0.4) is 0 Å². The Morgan fingerprint density at radius 1 is 0.792 bits per heavy atom. The van der Waals surface area contributed by atoms with Crippen molar-refractivity contribution in [2.45, 2.75) is 37.9 Å². The quantitative estimate of drug-likeness (QED) is 0.363. The lowest BCUT2D eigenvalue weighted by Crippen LogP contribution is -2.18. The maximum Gasteiger partial charge on any atom is 0.336 e. The Morgan fingerprint density at radius 3 is 1.38 bits per heavy atom. The molecule has 2 unspecified atom stereocenters. The topological polar surface area (TPSA) is 156 Å². The fourth-order valence-corrected chi connectivity index (χ4v) is 2.59. The summed E-state index contributed by atoms with van der Waals surface area (Å²) in [5, 5.41) is 57.0. The van der Waals surface area contributed by atoms with Crippen LogP contribution in [-0.4, -0.2) is 55.8 Å². The molecule has 0 saturated heterocycles. The van der Waals surface area contributed by atoms with Gasteiger partial charge in [0, 0.05) is 24.3 Å². The molecule has 0 aliphatic carbocycles. The highest BCUT2D eigenvalue weighted by Crippen LogP contribution is 2.34. The van der Waals surface area contributed by atoms with Gasteiger partial charge >= 0.3 is 11.9 Å². The number of hydrogen-bond donors (Lipinski definition) is 6. The number of rotatable bonds is 10. The number of carbonyl (C=O) groups is 2. The Labute approximate surface area is 138 Å². The normalized spacial score (nSPS) is 13.5. The molecule has 1 aromatic carbocycles. The molecule has 0 saturated carbocycles. The zero-order valence-electron chi connectivity index (χ0n) is 13.1. The van der Waals surface area contributed by atoms with Crippen molar-refractivity contribution in [3.05, 3.63) is 34.4 Å². The lowest BCUT2D eigenvalue weighted by Gasteiger charge is -2.23. The average molecular weight is 342 g/mol. The minimum absolute atomic E-state index is 0.0135. The summed E-state index contributed by atoms with van der Waals surface area (Å²) in [6.45, 7) is -0.443. The molecule has 0 spiro atoms. The van der Waals surface area contributed by atoms with E-state index in [1.54, 1.807) is 0 Å². The standard InChI is InChI=1S/C16H22O8/c17-7-1-3-11(19)13-9(15(21)22)5-6-10(16(23)24)14(13)12(20)4-2-8-18/h5-6,11-12,17-20H,1-4,7-8H2,(H,21,22)(H,23,24). The SMILES string of the molecule is O=C(O)c1ccc(C(=O)O)c(C(O)CCCO)c1C(O)CCCO. The summed E-state index contributed by atoms with van der Waals surface area (Å²) in [6, 6.07) is 2.15. The van der Waals surface area contributed by atoms with Gasteiger partial charge in [0.25, 0.3) is 0 Å². The van der Waals surface area contributed by atoms with E-state index in [0.717, 1.165) is 12.1 Å². The first-order chi connectivity index (χ1) is 11.3. The molecule has 1 aromatic rings. The van der Waals surface area contributed by atoms with E-state index >= 15 is 0 Å². The number of carboxylic acid groups (broad SMARTS) is 2. The fraction of sp³-hybridized carbons (Fsp3) is 0.500. The van der Waals surface area contributed by atoms with E-state index in [4.69, 9.17) is 10.2 Å². The highest BCUT2D eigenvalue weighted by molar-refractivity contribution is 5.95. The number of aromatic carboxylic acids is 2. The molecule has 0 aromatic heterocycles. The largest absolute Gasteiger partial charge is 0.478 e. The summed E-state index contributed by atoms with van der Waals surface area (Å²) < 4.78 is 0. The van der Waals surface area contributed by atoms with E-state index in [0.29, 0.717) is 0 Å². The second kappa shape index (κ2) is 9.33. The van der Waals surface area contributed by atoms with Crippen molar-refractivity contribution < 1.29 is 40.2 Å². The lowest BCUT2D eigenvalue weighted by molar-refractivity contribution is 0.0663. The van der Waals surface area contributed by atoms with E-state index < -0.39 is 24.1 Å². The van der Waals surface area contributed by atoms with Gasteiger partial charge in [-0.3, -0.25) is 0 Å². The van der Waals surface area contributed by atoms with Crippen molar-refractivity contribution in [3.63, 3.8) is 0 Å². The maximum absolute atomic E-state index is 11.4. The summed E-state index contributed by atoms with van der Waals surface area (Å²) in [5.74, 6) is -2.72. The van der Waals surface area contributed by atoms with E-state index in [1.165, 1.54) is 0 Å². The van der Waals surface area contributed by atoms with Gasteiger partial charge in [-0.1, -0.05) is 0 Å². The Kier molecular flexibility index (Phi) is 7.80. The van der Waals surface area contributed by atoms with E-state index in [2.05, 4.69) is 0 Å². The molecule has 0 amide bonds. The minimum atomic E-state index is -1.36. The van der Waals surface area contributed by atoms with Crippen LogP contribution < -0.4 is 0 Å². The van der Waals surface area contributed by atoms with Gasteiger partial charge in [0.15, 0.2) is 0 Å². The number of benzene rings is 1. The molecule has 8 heteroatoms. The van der Waals surface area contributed by atoms with Crippen LogP contribution in [0.5, 0.6) is 0 Å². The highest BCUT2D eigenvalue weighted by Gasteiger charge is 2.29. The molecule has 2 atom stereocenters. The first-order valence-electron chi connectivity index (χ1n) is 7.56. The van der Waals surface area contributed by atoms with Gasteiger partial charge < -0.3 is 30.6 Å². The molecule has 1 rings (SSSR count). The zero-order chi connectivity index (χ0) is 18.3.